The van der Waals surface area contributed by atoms with Crippen molar-refractivity contribution in [3.05, 3.63) is 45.4 Å². The highest BCUT2D eigenvalue weighted by Crippen LogP contribution is 2.21. The summed E-state index contributed by atoms with van der Waals surface area (Å²) in [7, 11) is 0. The number of H-pyrrole nitrogens is 1. The minimum absolute atomic E-state index is 0.707. The Hall–Kier alpha value is -1.48. The van der Waals surface area contributed by atoms with Gasteiger partial charge in [-0.25, -0.2) is 4.98 Å². The molecule has 2 aromatic rings. The predicted octanol–water partition coefficient (Wildman–Crippen LogP) is 4.04. The Morgan fingerprint density at radius 3 is 2.18 bits per heavy atom. The first-order chi connectivity index (χ1) is 7.97. The largest absolute Gasteiger partial charge is 0.347 e. The summed E-state index contributed by atoms with van der Waals surface area (Å²) in [6.07, 6.45) is 0. The molecule has 1 aromatic heterocycles. The van der Waals surface area contributed by atoms with Crippen LogP contribution in [0.2, 0.25) is 0 Å². The normalized spacial score (nSPS) is 10.6. The molecular weight excluding hydrogens is 228 g/mol. The van der Waals surface area contributed by atoms with Crippen molar-refractivity contribution < 1.29 is 0 Å². The van der Waals surface area contributed by atoms with E-state index in [0.29, 0.717) is 4.64 Å². The summed E-state index contributed by atoms with van der Waals surface area (Å²) in [6, 6.07) is 6.39. The maximum Gasteiger partial charge on any atom is 0.130 e. The van der Waals surface area contributed by atoms with Crippen molar-refractivity contribution in [3.63, 3.8) is 0 Å². The maximum absolute atomic E-state index is 5.35. The Morgan fingerprint density at radius 1 is 1.00 bits per heavy atom. The molecule has 88 valence electrons. The van der Waals surface area contributed by atoms with Gasteiger partial charge < -0.3 is 4.98 Å². The van der Waals surface area contributed by atoms with Gasteiger partial charge in [0.25, 0.3) is 0 Å². The zero-order valence-corrected chi connectivity index (χ0v) is 11.4. The topological polar surface area (TPSA) is 28.7 Å². The Morgan fingerprint density at radius 2 is 1.59 bits per heavy atom. The number of aryl methyl sites for hydroxylation is 4. The van der Waals surface area contributed by atoms with E-state index in [1.807, 2.05) is 13.8 Å². The molecule has 0 spiro atoms. The van der Waals surface area contributed by atoms with Gasteiger partial charge in [-0.05, 0) is 39.8 Å². The third-order valence-corrected chi connectivity index (χ3v) is 3.13. The molecule has 0 aliphatic rings. The third kappa shape index (κ3) is 2.44. The van der Waals surface area contributed by atoms with E-state index in [1.54, 1.807) is 0 Å². The number of nitrogens with zero attached hydrogens (tertiary/aromatic N) is 1. The van der Waals surface area contributed by atoms with Crippen molar-refractivity contribution in [2.75, 3.05) is 0 Å². The van der Waals surface area contributed by atoms with E-state index < -0.39 is 0 Å². The quantitative estimate of drug-likeness (QED) is 0.767. The van der Waals surface area contributed by atoms with Crippen LogP contribution in [-0.2, 0) is 0 Å². The first-order valence-corrected chi connectivity index (χ1v) is 6.04. The van der Waals surface area contributed by atoms with Gasteiger partial charge in [-0.15, -0.1) is 0 Å². The van der Waals surface area contributed by atoms with E-state index in [0.717, 1.165) is 22.6 Å². The molecule has 0 aliphatic carbocycles. The van der Waals surface area contributed by atoms with Gasteiger partial charge in [0.2, 0.25) is 0 Å². The fourth-order valence-electron chi connectivity index (χ4n) is 1.93. The Balaban J connectivity index is 2.68. The first-order valence-electron chi connectivity index (χ1n) is 5.63. The molecule has 0 saturated heterocycles. The summed E-state index contributed by atoms with van der Waals surface area (Å²) < 4.78 is 0.707. The molecule has 0 saturated carbocycles. The van der Waals surface area contributed by atoms with Gasteiger partial charge in [0.05, 0.1) is 5.69 Å². The molecule has 2 rings (SSSR count). The molecule has 0 fully saturated rings. The van der Waals surface area contributed by atoms with Gasteiger partial charge in [-0.1, -0.05) is 29.4 Å². The average Bonchev–Trinajstić information content (AvgIpc) is 2.22. The third-order valence-electron chi connectivity index (χ3n) is 2.83. The van der Waals surface area contributed by atoms with Crippen molar-refractivity contribution in [2.45, 2.75) is 27.7 Å². The first kappa shape index (κ1) is 12.0. The molecule has 0 bridgehead atoms. The molecule has 1 N–H and O–H groups in total. The summed E-state index contributed by atoms with van der Waals surface area (Å²) in [5.41, 5.74) is 6.45. The van der Waals surface area contributed by atoms with Crippen LogP contribution in [0.25, 0.3) is 11.3 Å². The number of aromatic amines is 1. The van der Waals surface area contributed by atoms with Crippen LogP contribution in [0.5, 0.6) is 0 Å². The monoisotopic (exact) mass is 244 g/mol. The summed E-state index contributed by atoms with van der Waals surface area (Å²) in [5.74, 6) is 0. The molecule has 0 aliphatic heterocycles. The number of benzene rings is 1. The molecule has 2 nitrogen and oxygen atoms in total. The van der Waals surface area contributed by atoms with Crippen molar-refractivity contribution >= 4 is 12.2 Å². The van der Waals surface area contributed by atoms with Crippen LogP contribution in [-0.4, -0.2) is 9.97 Å². The fraction of sp³-hybridized carbons (Fsp3) is 0.286. The Bertz CT molecular complexity index is 606. The van der Waals surface area contributed by atoms with Gasteiger partial charge >= 0.3 is 0 Å². The van der Waals surface area contributed by atoms with E-state index >= 15 is 0 Å². The summed E-state index contributed by atoms with van der Waals surface area (Å²) in [6.45, 7) is 8.16. The molecule has 1 aromatic carbocycles. The van der Waals surface area contributed by atoms with Crippen LogP contribution < -0.4 is 0 Å². The highest BCUT2D eigenvalue weighted by Gasteiger charge is 2.06. The zero-order chi connectivity index (χ0) is 12.6. The SMILES string of the molecule is Cc1cc(C)cc(-c2nc(C)c(C)[nH]c2=S)c1. The second-order valence-corrected chi connectivity index (χ2v) is 4.91. The van der Waals surface area contributed by atoms with Crippen molar-refractivity contribution in [2.24, 2.45) is 0 Å². The number of hydrogen-bond donors (Lipinski definition) is 1. The number of aromatic nitrogens is 2. The van der Waals surface area contributed by atoms with Crippen LogP contribution in [0.15, 0.2) is 18.2 Å². The standard InChI is InChI=1S/C14H16N2S/c1-8-5-9(2)7-12(6-8)13-14(17)16-11(4)10(3)15-13/h5-7H,1-4H3,(H,16,17). The molecule has 0 amide bonds. The smallest absolute Gasteiger partial charge is 0.130 e. The molecular formula is C14H16N2S. The highest BCUT2D eigenvalue weighted by molar-refractivity contribution is 7.71. The summed E-state index contributed by atoms with van der Waals surface area (Å²) in [5, 5.41) is 0. The lowest BCUT2D eigenvalue weighted by Gasteiger charge is -2.07. The number of nitrogens with one attached hydrogen (secondary N) is 1. The van der Waals surface area contributed by atoms with Crippen LogP contribution >= 0.6 is 12.2 Å². The van der Waals surface area contributed by atoms with Gasteiger partial charge in [-0.3, -0.25) is 0 Å². The van der Waals surface area contributed by atoms with Crippen molar-refractivity contribution in [3.8, 4) is 11.3 Å². The summed E-state index contributed by atoms with van der Waals surface area (Å²) >= 11 is 5.35. The zero-order valence-electron chi connectivity index (χ0n) is 10.6. The van der Waals surface area contributed by atoms with Gasteiger partial charge in [0.15, 0.2) is 0 Å². The predicted molar refractivity (Wildman–Crippen MR) is 73.8 cm³/mol. The summed E-state index contributed by atoms with van der Waals surface area (Å²) in [4.78, 5) is 7.79. The van der Waals surface area contributed by atoms with Crippen molar-refractivity contribution in [1.82, 2.24) is 9.97 Å². The molecule has 1 heterocycles. The molecule has 0 atom stereocenters. The minimum atomic E-state index is 0.707. The van der Waals surface area contributed by atoms with Crippen LogP contribution in [0.3, 0.4) is 0 Å². The minimum Gasteiger partial charge on any atom is -0.347 e. The number of rotatable bonds is 1. The Kier molecular flexibility index (Phi) is 3.11. The van der Waals surface area contributed by atoms with Gasteiger partial charge in [0, 0.05) is 11.3 Å². The number of hydrogen-bond acceptors (Lipinski definition) is 2. The lowest BCUT2D eigenvalue weighted by atomic mass is 10.1. The van der Waals surface area contributed by atoms with E-state index in [9.17, 15) is 0 Å². The van der Waals surface area contributed by atoms with E-state index in [2.05, 4.69) is 42.0 Å². The molecule has 17 heavy (non-hydrogen) atoms. The Labute approximate surface area is 107 Å². The second-order valence-electron chi connectivity index (χ2n) is 4.50. The molecule has 0 unspecified atom stereocenters. The maximum atomic E-state index is 5.35. The van der Waals surface area contributed by atoms with Crippen LogP contribution in [0.1, 0.15) is 22.5 Å². The van der Waals surface area contributed by atoms with Crippen LogP contribution in [0.4, 0.5) is 0 Å². The molecule has 3 heteroatoms. The van der Waals surface area contributed by atoms with E-state index in [-0.39, 0.29) is 0 Å². The lowest BCUT2D eigenvalue weighted by Crippen LogP contribution is -1.96. The van der Waals surface area contributed by atoms with Gasteiger partial charge in [-0.2, -0.15) is 0 Å². The molecule has 0 radical (unpaired) electrons. The van der Waals surface area contributed by atoms with E-state index in [1.165, 1.54) is 11.1 Å². The van der Waals surface area contributed by atoms with Crippen LogP contribution in [0, 0.1) is 32.3 Å². The lowest BCUT2D eigenvalue weighted by molar-refractivity contribution is 1.04. The average molecular weight is 244 g/mol. The second kappa shape index (κ2) is 4.41. The highest BCUT2D eigenvalue weighted by atomic mass is 32.1. The van der Waals surface area contributed by atoms with E-state index in [4.69, 9.17) is 12.2 Å². The van der Waals surface area contributed by atoms with Gasteiger partial charge in [0.1, 0.15) is 10.3 Å². The fourth-order valence-corrected chi connectivity index (χ4v) is 2.25. The van der Waals surface area contributed by atoms with Crippen molar-refractivity contribution in [1.29, 1.82) is 0 Å².